The largest absolute Gasteiger partial charge is 0.339 e. The van der Waals surface area contributed by atoms with Crippen molar-refractivity contribution in [2.75, 3.05) is 19.6 Å². The van der Waals surface area contributed by atoms with Gasteiger partial charge in [0.2, 0.25) is 5.91 Å². The van der Waals surface area contributed by atoms with E-state index in [-0.39, 0.29) is 23.5 Å². The summed E-state index contributed by atoms with van der Waals surface area (Å²) in [5.41, 5.74) is 0.485. The van der Waals surface area contributed by atoms with Gasteiger partial charge in [-0.05, 0) is 62.3 Å². The van der Waals surface area contributed by atoms with Crippen LogP contribution in [0.1, 0.15) is 56.3 Å². The summed E-state index contributed by atoms with van der Waals surface area (Å²) in [4.78, 5) is 29.6. The number of piperidine rings is 1. The van der Waals surface area contributed by atoms with Crippen molar-refractivity contribution in [2.24, 2.45) is 11.8 Å². The fourth-order valence-electron chi connectivity index (χ4n) is 3.63. The van der Waals surface area contributed by atoms with E-state index in [2.05, 4.69) is 18.7 Å². The first-order valence-corrected chi connectivity index (χ1v) is 9.81. The second kappa shape index (κ2) is 8.19. The zero-order chi connectivity index (χ0) is 18.7. The van der Waals surface area contributed by atoms with Gasteiger partial charge in [-0.3, -0.25) is 9.59 Å². The molecule has 0 bridgehead atoms. The summed E-state index contributed by atoms with van der Waals surface area (Å²) in [5, 5.41) is 0. The Kier molecular flexibility index (Phi) is 5.94. The third kappa shape index (κ3) is 4.63. The van der Waals surface area contributed by atoms with Crippen LogP contribution >= 0.6 is 0 Å². The molecule has 2 aliphatic rings. The highest BCUT2D eigenvalue weighted by molar-refractivity contribution is 5.94. The van der Waals surface area contributed by atoms with Crippen molar-refractivity contribution in [1.29, 1.82) is 0 Å². The molecule has 1 aliphatic heterocycles. The molecular weight excluding hydrogens is 331 g/mol. The van der Waals surface area contributed by atoms with Gasteiger partial charge in [0.1, 0.15) is 5.82 Å². The molecule has 0 radical (unpaired) electrons. The number of benzene rings is 1. The van der Waals surface area contributed by atoms with E-state index in [1.807, 2.05) is 0 Å². The molecule has 1 aromatic rings. The van der Waals surface area contributed by atoms with Gasteiger partial charge in [0, 0.05) is 31.2 Å². The molecule has 3 rings (SSSR count). The van der Waals surface area contributed by atoms with Crippen LogP contribution in [-0.2, 0) is 4.79 Å². The van der Waals surface area contributed by atoms with Gasteiger partial charge in [-0.2, -0.15) is 0 Å². The highest BCUT2D eigenvalue weighted by Gasteiger charge is 2.37. The monoisotopic (exact) mass is 360 g/mol. The maximum absolute atomic E-state index is 13.1. The Hall–Kier alpha value is -1.91. The quantitative estimate of drug-likeness (QED) is 0.776. The molecule has 4 nitrogen and oxygen atoms in total. The summed E-state index contributed by atoms with van der Waals surface area (Å²) in [6.07, 6.45) is 4.92. The van der Waals surface area contributed by atoms with Crippen LogP contribution in [0.2, 0.25) is 0 Å². The lowest BCUT2D eigenvalue weighted by molar-refractivity contribution is -0.137. The number of nitrogens with zero attached hydrogens (tertiary/aromatic N) is 2. The van der Waals surface area contributed by atoms with Gasteiger partial charge >= 0.3 is 0 Å². The lowest BCUT2D eigenvalue weighted by atomic mass is 9.95. The molecule has 2 amide bonds. The Bertz CT molecular complexity index is 640. The smallest absolute Gasteiger partial charge is 0.253 e. The minimum absolute atomic E-state index is 0.109. The summed E-state index contributed by atoms with van der Waals surface area (Å²) >= 11 is 0. The molecule has 0 aromatic heterocycles. The summed E-state index contributed by atoms with van der Waals surface area (Å²) < 4.78 is 13.1. The topological polar surface area (TPSA) is 40.6 Å². The molecule has 142 valence electrons. The SMILES string of the molecule is CC(C)CCN(C(=O)C1CCCN(C(=O)c2ccc(F)cc2)C1)C1CC1. The molecule has 1 saturated carbocycles. The lowest BCUT2D eigenvalue weighted by Gasteiger charge is -2.35. The first-order valence-electron chi connectivity index (χ1n) is 9.81. The van der Waals surface area contributed by atoms with Crippen LogP contribution in [-0.4, -0.2) is 47.3 Å². The molecular formula is C21H29FN2O2. The fourth-order valence-corrected chi connectivity index (χ4v) is 3.63. The summed E-state index contributed by atoms with van der Waals surface area (Å²) in [7, 11) is 0. The zero-order valence-electron chi connectivity index (χ0n) is 15.8. The minimum atomic E-state index is -0.349. The molecule has 5 heteroatoms. The molecule has 0 spiro atoms. The van der Waals surface area contributed by atoms with Crippen molar-refractivity contribution in [3.05, 3.63) is 35.6 Å². The zero-order valence-corrected chi connectivity index (χ0v) is 15.8. The van der Waals surface area contributed by atoms with Gasteiger partial charge in [-0.1, -0.05) is 13.8 Å². The Morgan fingerprint density at radius 3 is 2.50 bits per heavy atom. The van der Waals surface area contributed by atoms with Crippen LogP contribution in [0.25, 0.3) is 0 Å². The van der Waals surface area contributed by atoms with Crippen molar-refractivity contribution in [2.45, 2.75) is 52.0 Å². The van der Waals surface area contributed by atoms with Crippen LogP contribution in [0, 0.1) is 17.7 Å². The van der Waals surface area contributed by atoms with E-state index in [1.165, 1.54) is 24.3 Å². The number of halogens is 1. The van der Waals surface area contributed by atoms with E-state index in [4.69, 9.17) is 0 Å². The predicted molar refractivity (Wildman–Crippen MR) is 99.2 cm³/mol. The Morgan fingerprint density at radius 1 is 1.19 bits per heavy atom. The van der Waals surface area contributed by atoms with Gasteiger partial charge in [-0.25, -0.2) is 4.39 Å². The van der Waals surface area contributed by atoms with Gasteiger partial charge < -0.3 is 9.80 Å². The molecule has 1 heterocycles. The Balaban J connectivity index is 1.64. The van der Waals surface area contributed by atoms with Gasteiger partial charge in [-0.15, -0.1) is 0 Å². The van der Waals surface area contributed by atoms with E-state index < -0.39 is 0 Å². The highest BCUT2D eigenvalue weighted by atomic mass is 19.1. The van der Waals surface area contributed by atoms with Crippen LogP contribution < -0.4 is 0 Å². The second-order valence-electron chi connectivity index (χ2n) is 8.04. The van der Waals surface area contributed by atoms with Crippen molar-refractivity contribution >= 4 is 11.8 Å². The maximum Gasteiger partial charge on any atom is 0.253 e. The molecule has 1 unspecified atom stereocenters. The average molecular weight is 360 g/mol. The number of carbonyl (C=O) groups excluding carboxylic acids is 2. The third-order valence-electron chi connectivity index (χ3n) is 5.37. The summed E-state index contributed by atoms with van der Waals surface area (Å²) in [6.45, 7) is 6.32. The van der Waals surface area contributed by atoms with Gasteiger partial charge in [0.05, 0.1) is 5.92 Å². The normalized spacial score (nSPS) is 20.3. The van der Waals surface area contributed by atoms with E-state index in [1.54, 1.807) is 4.90 Å². The van der Waals surface area contributed by atoms with Crippen LogP contribution in [0.15, 0.2) is 24.3 Å². The highest BCUT2D eigenvalue weighted by Crippen LogP contribution is 2.31. The predicted octanol–water partition coefficient (Wildman–Crippen LogP) is 3.72. The number of hydrogen-bond donors (Lipinski definition) is 0. The second-order valence-corrected chi connectivity index (χ2v) is 8.04. The van der Waals surface area contributed by atoms with E-state index in [0.29, 0.717) is 30.6 Å². The molecule has 26 heavy (non-hydrogen) atoms. The van der Waals surface area contributed by atoms with Gasteiger partial charge in [0.25, 0.3) is 5.91 Å². The average Bonchev–Trinajstić information content (AvgIpc) is 3.47. The van der Waals surface area contributed by atoms with Gasteiger partial charge in [0.15, 0.2) is 0 Å². The summed E-state index contributed by atoms with van der Waals surface area (Å²) in [5.74, 6) is 0.221. The maximum atomic E-state index is 13.1. The number of amides is 2. The molecule has 1 saturated heterocycles. The number of hydrogen-bond acceptors (Lipinski definition) is 2. The van der Waals surface area contributed by atoms with E-state index in [9.17, 15) is 14.0 Å². The van der Waals surface area contributed by atoms with Crippen LogP contribution in [0.5, 0.6) is 0 Å². The molecule has 1 aromatic carbocycles. The van der Waals surface area contributed by atoms with Crippen LogP contribution in [0.3, 0.4) is 0 Å². The van der Waals surface area contributed by atoms with Crippen molar-refractivity contribution < 1.29 is 14.0 Å². The third-order valence-corrected chi connectivity index (χ3v) is 5.37. The number of likely N-dealkylation sites (tertiary alicyclic amines) is 1. The standard InChI is InChI=1S/C21H29FN2O2/c1-15(2)11-13-24(19-9-10-19)21(26)17-4-3-12-23(14-17)20(25)16-5-7-18(22)8-6-16/h5-8,15,17,19H,3-4,9-14H2,1-2H3. The van der Waals surface area contributed by atoms with Crippen molar-refractivity contribution in [3.63, 3.8) is 0 Å². The van der Waals surface area contributed by atoms with Crippen LogP contribution in [0.4, 0.5) is 4.39 Å². The Morgan fingerprint density at radius 2 is 1.88 bits per heavy atom. The lowest BCUT2D eigenvalue weighted by Crippen LogP contribution is -2.47. The molecule has 1 atom stereocenters. The minimum Gasteiger partial charge on any atom is -0.339 e. The first-order chi connectivity index (χ1) is 12.5. The molecule has 1 aliphatic carbocycles. The van der Waals surface area contributed by atoms with Crippen molar-refractivity contribution in [3.8, 4) is 0 Å². The Labute approximate surface area is 155 Å². The van der Waals surface area contributed by atoms with Crippen molar-refractivity contribution in [1.82, 2.24) is 9.80 Å². The molecule has 2 fully saturated rings. The van der Waals surface area contributed by atoms with E-state index >= 15 is 0 Å². The number of carbonyl (C=O) groups is 2. The number of rotatable bonds is 6. The first kappa shape index (κ1) is 18.9. The fraction of sp³-hybridized carbons (Fsp3) is 0.619. The van der Waals surface area contributed by atoms with E-state index in [0.717, 1.165) is 38.6 Å². The molecule has 0 N–H and O–H groups in total. The summed E-state index contributed by atoms with van der Waals surface area (Å²) in [6, 6.07) is 6.05.